The SMILES string of the molecule is CC1(C)CCC(O)(CNS(=O)(=O)c2cnccc2Cl)CC1. The van der Waals surface area contributed by atoms with Gasteiger partial charge in [-0.25, -0.2) is 13.1 Å². The third kappa shape index (κ3) is 4.16. The van der Waals surface area contributed by atoms with Crippen molar-refractivity contribution in [3.63, 3.8) is 0 Å². The normalized spacial score (nSPS) is 21.1. The second kappa shape index (κ2) is 5.83. The maximum Gasteiger partial charge on any atom is 0.243 e. The smallest absolute Gasteiger partial charge is 0.243 e. The van der Waals surface area contributed by atoms with Crippen molar-refractivity contribution in [1.29, 1.82) is 0 Å². The minimum absolute atomic E-state index is 0.00334. The zero-order chi connectivity index (χ0) is 15.7. The molecule has 1 aromatic heterocycles. The number of aliphatic hydroxyl groups is 1. The fraction of sp³-hybridized carbons (Fsp3) is 0.643. The number of hydrogen-bond donors (Lipinski definition) is 2. The van der Waals surface area contributed by atoms with Crippen LogP contribution in [0.1, 0.15) is 39.5 Å². The molecule has 118 valence electrons. The van der Waals surface area contributed by atoms with Gasteiger partial charge in [0.15, 0.2) is 0 Å². The number of sulfonamides is 1. The summed E-state index contributed by atoms with van der Waals surface area (Å²) in [6, 6.07) is 1.42. The molecule has 0 unspecified atom stereocenters. The number of nitrogens with zero attached hydrogens (tertiary/aromatic N) is 1. The first kappa shape index (κ1) is 16.7. The van der Waals surface area contributed by atoms with E-state index in [1.54, 1.807) is 0 Å². The first-order chi connectivity index (χ1) is 9.64. The van der Waals surface area contributed by atoms with Crippen molar-refractivity contribution in [2.24, 2.45) is 5.41 Å². The molecule has 21 heavy (non-hydrogen) atoms. The number of nitrogens with one attached hydrogen (secondary N) is 1. The van der Waals surface area contributed by atoms with Gasteiger partial charge >= 0.3 is 0 Å². The number of rotatable bonds is 4. The van der Waals surface area contributed by atoms with Gasteiger partial charge in [-0.15, -0.1) is 0 Å². The zero-order valence-electron chi connectivity index (χ0n) is 12.3. The molecular weight excluding hydrogens is 312 g/mol. The fourth-order valence-electron chi connectivity index (χ4n) is 2.44. The predicted octanol–water partition coefficient (Wildman–Crippen LogP) is 2.34. The Labute approximate surface area is 130 Å². The van der Waals surface area contributed by atoms with Crippen LogP contribution in [0.5, 0.6) is 0 Å². The molecular formula is C14H21ClN2O3S. The number of pyridine rings is 1. The molecule has 0 atom stereocenters. The van der Waals surface area contributed by atoms with Crippen LogP contribution in [0.15, 0.2) is 23.4 Å². The highest BCUT2D eigenvalue weighted by molar-refractivity contribution is 7.89. The fourth-order valence-corrected chi connectivity index (χ4v) is 3.99. The highest BCUT2D eigenvalue weighted by Crippen LogP contribution is 2.40. The summed E-state index contributed by atoms with van der Waals surface area (Å²) in [5.74, 6) is 0. The van der Waals surface area contributed by atoms with Gasteiger partial charge in [0, 0.05) is 18.9 Å². The second-order valence-corrected chi connectivity index (χ2v) is 8.66. The van der Waals surface area contributed by atoms with Crippen molar-refractivity contribution in [3.8, 4) is 0 Å². The van der Waals surface area contributed by atoms with Crippen LogP contribution in [0.25, 0.3) is 0 Å². The lowest BCUT2D eigenvalue weighted by molar-refractivity contribution is -0.0205. The Morgan fingerprint density at radius 1 is 1.33 bits per heavy atom. The lowest BCUT2D eigenvalue weighted by atomic mass is 9.71. The van der Waals surface area contributed by atoms with Gasteiger partial charge in [-0.05, 0) is 37.2 Å². The van der Waals surface area contributed by atoms with E-state index < -0.39 is 15.6 Å². The van der Waals surface area contributed by atoms with E-state index in [4.69, 9.17) is 11.6 Å². The van der Waals surface area contributed by atoms with Gasteiger partial charge in [0.1, 0.15) is 4.90 Å². The van der Waals surface area contributed by atoms with Crippen molar-refractivity contribution in [1.82, 2.24) is 9.71 Å². The van der Waals surface area contributed by atoms with Gasteiger partial charge in [0.25, 0.3) is 0 Å². The first-order valence-electron chi connectivity index (χ1n) is 6.95. The quantitative estimate of drug-likeness (QED) is 0.887. The summed E-state index contributed by atoms with van der Waals surface area (Å²) >= 11 is 5.88. The third-order valence-corrected chi connectivity index (χ3v) is 6.02. The molecule has 0 radical (unpaired) electrons. The van der Waals surface area contributed by atoms with Crippen LogP contribution in [0.2, 0.25) is 5.02 Å². The molecule has 5 nitrogen and oxygen atoms in total. The summed E-state index contributed by atoms with van der Waals surface area (Å²) in [6.07, 6.45) is 5.56. The minimum Gasteiger partial charge on any atom is -0.389 e. The molecule has 2 N–H and O–H groups in total. The molecule has 1 saturated carbocycles. The Hall–Kier alpha value is -0.690. The van der Waals surface area contributed by atoms with E-state index in [1.807, 2.05) is 0 Å². The Balaban J connectivity index is 2.04. The van der Waals surface area contributed by atoms with Crippen LogP contribution < -0.4 is 4.72 Å². The van der Waals surface area contributed by atoms with Crippen molar-refractivity contribution in [2.75, 3.05) is 6.54 Å². The summed E-state index contributed by atoms with van der Waals surface area (Å²) in [6.45, 7) is 4.31. The molecule has 0 saturated heterocycles. The molecule has 1 aromatic rings. The van der Waals surface area contributed by atoms with Gasteiger partial charge in [-0.3, -0.25) is 4.98 Å². The van der Waals surface area contributed by atoms with Crippen LogP contribution in [0, 0.1) is 5.41 Å². The number of aromatic nitrogens is 1. The lowest BCUT2D eigenvalue weighted by Crippen LogP contribution is -2.46. The Kier molecular flexibility index (Phi) is 4.63. The highest BCUT2D eigenvalue weighted by Gasteiger charge is 2.37. The predicted molar refractivity (Wildman–Crippen MR) is 81.6 cm³/mol. The molecule has 0 spiro atoms. The molecule has 0 aromatic carbocycles. The zero-order valence-corrected chi connectivity index (χ0v) is 13.8. The molecule has 0 bridgehead atoms. The molecule has 1 aliphatic carbocycles. The van der Waals surface area contributed by atoms with Gasteiger partial charge in [-0.2, -0.15) is 0 Å². The van der Waals surface area contributed by atoms with E-state index in [0.29, 0.717) is 12.8 Å². The molecule has 2 rings (SSSR count). The standard InChI is InChI=1S/C14H21ClN2O3S/c1-13(2)4-6-14(18,7-5-13)10-17-21(19,20)12-9-16-8-3-11(12)15/h3,8-9,17-18H,4-7,10H2,1-2H3. The molecule has 1 heterocycles. The second-order valence-electron chi connectivity index (χ2n) is 6.52. The van der Waals surface area contributed by atoms with E-state index in [9.17, 15) is 13.5 Å². The summed E-state index contributed by atoms with van der Waals surface area (Å²) in [7, 11) is -3.76. The average Bonchev–Trinajstić information content (AvgIpc) is 2.41. The van der Waals surface area contributed by atoms with E-state index >= 15 is 0 Å². The Bertz CT molecular complexity index is 606. The van der Waals surface area contributed by atoms with E-state index in [1.165, 1.54) is 18.5 Å². The van der Waals surface area contributed by atoms with Gasteiger partial charge in [-0.1, -0.05) is 25.4 Å². The van der Waals surface area contributed by atoms with E-state index in [-0.39, 0.29) is 21.9 Å². The van der Waals surface area contributed by atoms with Crippen molar-refractivity contribution < 1.29 is 13.5 Å². The van der Waals surface area contributed by atoms with Gasteiger partial charge in [0.2, 0.25) is 10.0 Å². The number of hydrogen-bond acceptors (Lipinski definition) is 4. The largest absolute Gasteiger partial charge is 0.389 e. The van der Waals surface area contributed by atoms with Crippen molar-refractivity contribution in [2.45, 2.75) is 50.0 Å². The number of halogens is 1. The Morgan fingerprint density at radius 2 is 1.95 bits per heavy atom. The maximum absolute atomic E-state index is 12.2. The summed E-state index contributed by atoms with van der Waals surface area (Å²) < 4.78 is 26.9. The van der Waals surface area contributed by atoms with Crippen LogP contribution >= 0.6 is 11.6 Å². The van der Waals surface area contributed by atoms with Crippen molar-refractivity contribution >= 4 is 21.6 Å². The molecule has 7 heteroatoms. The van der Waals surface area contributed by atoms with E-state index in [0.717, 1.165) is 12.8 Å². The molecule has 1 fully saturated rings. The first-order valence-corrected chi connectivity index (χ1v) is 8.81. The minimum atomic E-state index is -3.76. The molecule has 0 aliphatic heterocycles. The van der Waals surface area contributed by atoms with Crippen LogP contribution in [-0.2, 0) is 10.0 Å². The Morgan fingerprint density at radius 3 is 2.52 bits per heavy atom. The monoisotopic (exact) mass is 332 g/mol. The topological polar surface area (TPSA) is 79.3 Å². The summed E-state index contributed by atoms with van der Waals surface area (Å²) in [5, 5.41) is 10.6. The third-order valence-electron chi connectivity index (χ3n) is 4.15. The van der Waals surface area contributed by atoms with Crippen LogP contribution in [-0.4, -0.2) is 30.7 Å². The van der Waals surface area contributed by atoms with Gasteiger partial charge < -0.3 is 5.11 Å². The lowest BCUT2D eigenvalue weighted by Gasteiger charge is -2.40. The molecule has 1 aliphatic rings. The average molecular weight is 333 g/mol. The van der Waals surface area contributed by atoms with E-state index in [2.05, 4.69) is 23.6 Å². The highest BCUT2D eigenvalue weighted by atomic mass is 35.5. The molecule has 0 amide bonds. The summed E-state index contributed by atoms with van der Waals surface area (Å²) in [5.41, 5.74) is -0.783. The maximum atomic E-state index is 12.2. The summed E-state index contributed by atoms with van der Waals surface area (Å²) in [4.78, 5) is 3.71. The van der Waals surface area contributed by atoms with Crippen molar-refractivity contribution in [3.05, 3.63) is 23.5 Å². The van der Waals surface area contributed by atoms with Crippen LogP contribution in [0.4, 0.5) is 0 Å². The van der Waals surface area contributed by atoms with Crippen LogP contribution in [0.3, 0.4) is 0 Å². The van der Waals surface area contributed by atoms with Gasteiger partial charge in [0.05, 0.1) is 10.6 Å².